The molecule has 0 spiro atoms. The number of hydrogen-bond acceptors (Lipinski definition) is 4. The predicted octanol–water partition coefficient (Wildman–Crippen LogP) is 3.60. The first-order valence-electron chi connectivity index (χ1n) is 9.55. The van der Waals surface area contributed by atoms with Gasteiger partial charge >= 0.3 is 0 Å². The van der Waals surface area contributed by atoms with Gasteiger partial charge in [-0.05, 0) is 61.7 Å². The SMILES string of the molecule is COc1ccc(C)cc1NC(=O)CN(C(C)=O)c1ccc(N2CCCC2)cc1. The number of carbonyl (C=O) groups is 2. The van der Waals surface area contributed by atoms with E-state index in [0.717, 1.165) is 24.3 Å². The van der Waals surface area contributed by atoms with E-state index >= 15 is 0 Å². The number of hydrogen-bond donors (Lipinski definition) is 1. The minimum atomic E-state index is -0.275. The van der Waals surface area contributed by atoms with E-state index in [1.165, 1.54) is 24.7 Å². The highest BCUT2D eigenvalue weighted by molar-refractivity contribution is 6.02. The first-order valence-corrected chi connectivity index (χ1v) is 9.55. The molecule has 0 bridgehead atoms. The highest BCUT2D eigenvalue weighted by atomic mass is 16.5. The molecule has 2 aromatic rings. The summed E-state index contributed by atoms with van der Waals surface area (Å²) in [4.78, 5) is 28.6. The van der Waals surface area contributed by atoms with Crippen molar-refractivity contribution in [3.63, 3.8) is 0 Å². The number of carbonyl (C=O) groups excluding carboxylic acids is 2. The number of anilines is 3. The minimum Gasteiger partial charge on any atom is -0.495 e. The van der Waals surface area contributed by atoms with Crippen LogP contribution >= 0.6 is 0 Å². The van der Waals surface area contributed by atoms with Crippen LogP contribution in [0.15, 0.2) is 42.5 Å². The summed E-state index contributed by atoms with van der Waals surface area (Å²) in [5.41, 5.74) is 3.47. The summed E-state index contributed by atoms with van der Waals surface area (Å²) in [6, 6.07) is 13.4. The summed E-state index contributed by atoms with van der Waals surface area (Å²) in [5, 5.41) is 2.85. The lowest BCUT2D eigenvalue weighted by molar-refractivity contribution is -0.120. The van der Waals surface area contributed by atoms with Crippen LogP contribution in [0, 0.1) is 6.92 Å². The molecule has 28 heavy (non-hydrogen) atoms. The van der Waals surface area contributed by atoms with Crippen LogP contribution < -0.4 is 19.9 Å². The summed E-state index contributed by atoms with van der Waals surface area (Å²) < 4.78 is 5.30. The number of ether oxygens (including phenoxy) is 1. The fourth-order valence-electron chi connectivity index (χ4n) is 3.46. The molecule has 0 aliphatic carbocycles. The molecule has 1 aliphatic heterocycles. The number of nitrogens with one attached hydrogen (secondary N) is 1. The number of nitrogens with zero attached hydrogens (tertiary/aromatic N) is 2. The van der Waals surface area contributed by atoms with Gasteiger partial charge in [0.05, 0.1) is 12.8 Å². The maximum atomic E-state index is 12.6. The van der Waals surface area contributed by atoms with Crippen LogP contribution in [-0.2, 0) is 9.59 Å². The average Bonchev–Trinajstić information content (AvgIpc) is 3.21. The predicted molar refractivity (Wildman–Crippen MR) is 112 cm³/mol. The highest BCUT2D eigenvalue weighted by Crippen LogP contribution is 2.26. The van der Waals surface area contributed by atoms with Gasteiger partial charge in [-0.1, -0.05) is 6.07 Å². The fourth-order valence-corrected chi connectivity index (χ4v) is 3.46. The third-order valence-corrected chi connectivity index (χ3v) is 4.94. The molecule has 1 saturated heterocycles. The van der Waals surface area contributed by atoms with E-state index in [4.69, 9.17) is 4.74 Å². The lowest BCUT2D eigenvalue weighted by Crippen LogP contribution is -2.36. The Bertz CT molecular complexity index is 843. The second-order valence-electron chi connectivity index (χ2n) is 7.07. The number of rotatable bonds is 6. The Labute approximate surface area is 166 Å². The van der Waals surface area contributed by atoms with Crippen molar-refractivity contribution in [1.82, 2.24) is 0 Å². The standard InChI is InChI=1S/C22H27N3O3/c1-16-6-11-21(28-3)20(14-16)23-22(27)15-25(17(2)26)19-9-7-18(8-10-19)24-12-4-5-13-24/h6-11,14H,4-5,12-13,15H2,1-3H3,(H,23,27). The first-order chi connectivity index (χ1) is 13.5. The van der Waals surface area contributed by atoms with E-state index in [9.17, 15) is 9.59 Å². The Balaban J connectivity index is 1.71. The molecule has 0 radical (unpaired) electrons. The Morgan fingerprint density at radius 1 is 1.11 bits per heavy atom. The van der Waals surface area contributed by atoms with Crippen LogP contribution in [0.25, 0.3) is 0 Å². The summed E-state index contributed by atoms with van der Waals surface area (Å²) in [6.07, 6.45) is 2.42. The molecule has 2 amide bonds. The third kappa shape index (κ3) is 4.63. The van der Waals surface area contributed by atoms with Gasteiger partial charge < -0.3 is 19.9 Å². The van der Waals surface area contributed by atoms with E-state index in [0.29, 0.717) is 17.1 Å². The average molecular weight is 381 g/mol. The maximum Gasteiger partial charge on any atom is 0.244 e. The van der Waals surface area contributed by atoms with E-state index in [1.54, 1.807) is 7.11 Å². The monoisotopic (exact) mass is 381 g/mol. The lowest BCUT2D eigenvalue weighted by atomic mass is 10.2. The van der Waals surface area contributed by atoms with Crippen molar-refractivity contribution >= 4 is 28.9 Å². The number of amides is 2. The molecular weight excluding hydrogens is 354 g/mol. The van der Waals surface area contributed by atoms with Gasteiger partial charge in [0.15, 0.2) is 0 Å². The topological polar surface area (TPSA) is 61.9 Å². The Kier molecular flexibility index (Phi) is 6.19. The number of methoxy groups -OCH3 is 1. The molecule has 3 rings (SSSR count). The summed E-state index contributed by atoms with van der Waals surface area (Å²) in [6.45, 7) is 5.48. The molecule has 0 atom stereocenters. The number of aryl methyl sites for hydroxylation is 1. The lowest BCUT2D eigenvalue weighted by Gasteiger charge is -2.23. The van der Waals surface area contributed by atoms with Crippen molar-refractivity contribution in [1.29, 1.82) is 0 Å². The van der Waals surface area contributed by atoms with Gasteiger partial charge in [-0.2, -0.15) is 0 Å². The Morgan fingerprint density at radius 3 is 2.39 bits per heavy atom. The van der Waals surface area contributed by atoms with Gasteiger partial charge in [0.2, 0.25) is 11.8 Å². The van der Waals surface area contributed by atoms with Crippen LogP contribution in [0.5, 0.6) is 5.75 Å². The van der Waals surface area contributed by atoms with Gasteiger partial charge in [0.1, 0.15) is 12.3 Å². The summed E-state index contributed by atoms with van der Waals surface area (Å²) in [5.74, 6) is 0.131. The molecule has 0 unspecified atom stereocenters. The molecule has 2 aromatic carbocycles. The molecule has 0 aromatic heterocycles. The second kappa shape index (κ2) is 8.78. The summed E-state index contributed by atoms with van der Waals surface area (Å²) >= 11 is 0. The zero-order valence-corrected chi connectivity index (χ0v) is 16.7. The minimum absolute atomic E-state index is 0.0600. The van der Waals surface area contributed by atoms with Crippen molar-refractivity contribution < 1.29 is 14.3 Å². The van der Waals surface area contributed by atoms with Crippen LogP contribution in [-0.4, -0.2) is 38.6 Å². The smallest absolute Gasteiger partial charge is 0.244 e. The molecule has 6 nitrogen and oxygen atoms in total. The highest BCUT2D eigenvalue weighted by Gasteiger charge is 2.18. The zero-order chi connectivity index (χ0) is 20.1. The van der Waals surface area contributed by atoms with Gasteiger partial charge in [0, 0.05) is 31.4 Å². The molecule has 1 N–H and O–H groups in total. The quantitative estimate of drug-likeness (QED) is 0.831. The Morgan fingerprint density at radius 2 is 1.79 bits per heavy atom. The van der Waals surface area contributed by atoms with E-state index in [1.807, 2.05) is 49.4 Å². The van der Waals surface area contributed by atoms with Gasteiger partial charge in [-0.3, -0.25) is 9.59 Å². The van der Waals surface area contributed by atoms with E-state index < -0.39 is 0 Å². The maximum absolute atomic E-state index is 12.6. The first kappa shape index (κ1) is 19.7. The van der Waals surface area contributed by atoms with E-state index in [-0.39, 0.29) is 18.4 Å². The van der Waals surface area contributed by atoms with Crippen LogP contribution in [0.1, 0.15) is 25.3 Å². The molecule has 1 fully saturated rings. The molecule has 148 valence electrons. The normalized spacial score (nSPS) is 13.3. The Hall–Kier alpha value is -3.02. The largest absolute Gasteiger partial charge is 0.495 e. The van der Waals surface area contributed by atoms with E-state index in [2.05, 4.69) is 10.2 Å². The van der Waals surface area contributed by atoms with Crippen molar-refractivity contribution in [2.24, 2.45) is 0 Å². The second-order valence-corrected chi connectivity index (χ2v) is 7.07. The molecule has 0 saturated carbocycles. The van der Waals surface area contributed by atoms with Crippen LogP contribution in [0.4, 0.5) is 17.1 Å². The van der Waals surface area contributed by atoms with Gasteiger partial charge in [0.25, 0.3) is 0 Å². The van der Waals surface area contributed by atoms with Gasteiger partial charge in [-0.15, -0.1) is 0 Å². The molecule has 1 aliphatic rings. The molecule has 6 heteroatoms. The van der Waals surface area contributed by atoms with Crippen molar-refractivity contribution in [2.75, 3.05) is 41.9 Å². The van der Waals surface area contributed by atoms with Gasteiger partial charge in [-0.25, -0.2) is 0 Å². The summed E-state index contributed by atoms with van der Waals surface area (Å²) in [7, 11) is 1.56. The molecule has 1 heterocycles. The third-order valence-electron chi connectivity index (χ3n) is 4.94. The van der Waals surface area contributed by atoms with Crippen LogP contribution in [0.3, 0.4) is 0 Å². The van der Waals surface area contributed by atoms with Crippen molar-refractivity contribution in [3.8, 4) is 5.75 Å². The van der Waals surface area contributed by atoms with Crippen LogP contribution in [0.2, 0.25) is 0 Å². The van der Waals surface area contributed by atoms with Crippen molar-refractivity contribution in [3.05, 3.63) is 48.0 Å². The fraction of sp³-hybridized carbons (Fsp3) is 0.364. The zero-order valence-electron chi connectivity index (χ0n) is 16.7. The van der Waals surface area contributed by atoms with Crippen molar-refractivity contribution in [2.45, 2.75) is 26.7 Å². The molecular formula is C22H27N3O3. The number of benzene rings is 2.